The van der Waals surface area contributed by atoms with Gasteiger partial charge in [0.05, 0.1) is 4.90 Å². The molecule has 2 aromatic carbocycles. The van der Waals surface area contributed by atoms with Crippen LogP contribution in [0.1, 0.15) is 68.9 Å². The first-order valence-corrected chi connectivity index (χ1v) is 12.0. The molecule has 1 atom stereocenters. The first kappa shape index (κ1) is 21.8. The Morgan fingerprint density at radius 3 is 2.07 bits per heavy atom. The maximum absolute atomic E-state index is 11.6. The Balaban J connectivity index is 1.90. The number of sulfone groups is 1. The highest BCUT2D eigenvalue weighted by Gasteiger charge is 2.37. The predicted octanol–water partition coefficient (Wildman–Crippen LogP) is 5.84. The summed E-state index contributed by atoms with van der Waals surface area (Å²) in [6, 6.07) is 13.7. The summed E-state index contributed by atoms with van der Waals surface area (Å²) in [6.07, 6.45) is 7.45. The van der Waals surface area contributed by atoms with Gasteiger partial charge in [-0.15, -0.1) is 0 Å². The summed E-state index contributed by atoms with van der Waals surface area (Å²) in [6.45, 7) is 9.31. The van der Waals surface area contributed by atoms with Crippen LogP contribution in [0.15, 0.2) is 53.4 Å². The second-order valence-electron chi connectivity index (χ2n) is 9.43. The third-order valence-corrected chi connectivity index (χ3v) is 7.36. The molecule has 0 aromatic heterocycles. The fourth-order valence-electron chi connectivity index (χ4n) is 4.13. The molecule has 1 aliphatic carbocycles. The van der Waals surface area contributed by atoms with Gasteiger partial charge in [0.1, 0.15) is 6.10 Å². The molecule has 2 aromatic rings. The van der Waals surface area contributed by atoms with Gasteiger partial charge in [-0.1, -0.05) is 70.2 Å². The topological polar surface area (TPSA) is 43.4 Å². The lowest BCUT2D eigenvalue weighted by atomic mass is 9.63. The van der Waals surface area contributed by atoms with Crippen molar-refractivity contribution in [3.8, 4) is 0 Å². The van der Waals surface area contributed by atoms with Gasteiger partial charge < -0.3 is 4.74 Å². The SMILES string of the molecule is COC(/C=C/c1ccc(S(C)(=O)=O)cc1)c1ccc2c(c1)C(C)(C)CCC2(C)C. The monoisotopic (exact) mass is 412 g/mol. The van der Waals surface area contributed by atoms with Gasteiger partial charge in [-0.05, 0) is 58.1 Å². The zero-order chi connectivity index (χ0) is 21.4. The van der Waals surface area contributed by atoms with Crippen molar-refractivity contribution in [3.05, 3.63) is 70.8 Å². The second kappa shape index (κ2) is 7.73. The summed E-state index contributed by atoms with van der Waals surface area (Å²) in [5.74, 6) is 0. The third kappa shape index (κ3) is 4.65. The molecule has 3 nitrogen and oxygen atoms in total. The summed E-state index contributed by atoms with van der Waals surface area (Å²) in [5.41, 5.74) is 5.29. The van der Waals surface area contributed by atoms with E-state index in [1.54, 1.807) is 19.2 Å². The summed E-state index contributed by atoms with van der Waals surface area (Å²) in [4.78, 5) is 0.331. The third-order valence-electron chi connectivity index (χ3n) is 6.23. The fraction of sp³-hybridized carbons (Fsp3) is 0.440. The summed E-state index contributed by atoms with van der Waals surface area (Å²) >= 11 is 0. The number of hydrogen-bond acceptors (Lipinski definition) is 3. The Hall–Kier alpha value is -1.91. The van der Waals surface area contributed by atoms with Gasteiger partial charge in [0.25, 0.3) is 0 Å². The molecule has 0 fully saturated rings. The molecular weight excluding hydrogens is 380 g/mol. The van der Waals surface area contributed by atoms with E-state index < -0.39 is 9.84 Å². The van der Waals surface area contributed by atoms with Crippen molar-refractivity contribution in [2.75, 3.05) is 13.4 Å². The Labute approximate surface area is 175 Å². The summed E-state index contributed by atoms with van der Waals surface area (Å²) < 4.78 is 29.0. The Bertz CT molecular complexity index is 1010. The average molecular weight is 413 g/mol. The van der Waals surface area contributed by atoms with E-state index in [4.69, 9.17) is 4.74 Å². The second-order valence-corrected chi connectivity index (χ2v) is 11.4. The van der Waals surface area contributed by atoms with Crippen LogP contribution in [-0.2, 0) is 25.4 Å². The maximum atomic E-state index is 11.6. The molecule has 0 spiro atoms. The number of hydrogen-bond donors (Lipinski definition) is 0. The predicted molar refractivity (Wildman–Crippen MR) is 120 cm³/mol. The highest BCUT2D eigenvalue weighted by Crippen LogP contribution is 2.46. The smallest absolute Gasteiger partial charge is 0.175 e. The zero-order valence-electron chi connectivity index (χ0n) is 18.3. The molecule has 0 amide bonds. The standard InChI is InChI=1S/C25H32O3S/c1-24(2)15-16-25(3,4)22-17-19(10-13-21(22)24)23(28-5)14-9-18-7-11-20(12-8-18)29(6,26)27/h7-14,17,23H,15-16H2,1-6H3/b14-9+. The molecule has 29 heavy (non-hydrogen) atoms. The van der Waals surface area contributed by atoms with Crippen LogP contribution in [0.25, 0.3) is 6.08 Å². The lowest BCUT2D eigenvalue weighted by molar-refractivity contribution is 0.143. The van der Waals surface area contributed by atoms with Gasteiger partial charge >= 0.3 is 0 Å². The van der Waals surface area contributed by atoms with Crippen LogP contribution in [0.4, 0.5) is 0 Å². The molecule has 0 radical (unpaired) electrons. The highest BCUT2D eigenvalue weighted by atomic mass is 32.2. The molecule has 1 aliphatic rings. The van der Waals surface area contributed by atoms with E-state index in [0.29, 0.717) is 4.90 Å². The van der Waals surface area contributed by atoms with Crippen molar-refractivity contribution in [2.24, 2.45) is 0 Å². The first-order chi connectivity index (χ1) is 13.4. The Kier molecular flexibility index (Phi) is 5.81. The van der Waals surface area contributed by atoms with E-state index in [9.17, 15) is 8.42 Å². The van der Waals surface area contributed by atoms with Gasteiger partial charge in [0.15, 0.2) is 9.84 Å². The largest absolute Gasteiger partial charge is 0.373 e. The lowest BCUT2D eigenvalue weighted by Gasteiger charge is -2.42. The zero-order valence-corrected chi connectivity index (χ0v) is 19.1. The van der Waals surface area contributed by atoms with E-state index in [1.165, 1.54) is 30.2 Å². The maximum Gasteiger partial charge on any atom is 0.175 e. The van der Waals surface area contributed by atoms with Crippen molar-refractivity contribution in [3.63, 3.8) is 0 Å². The van der Waals surface area contributed by atoms with Crippen LogP contribution >= 0.6 is 0 Å². The average Bonchev–Trinajstić information content (AvgIpc) is 2.66. The van der Waals surface area contributed by atoms with Crippen LogP contribution in [0, 0.1) is 0 Å². The van der Waals surface area contributed by atoms with Gasteiger partial charge in [0, 0.05) is 13.4 Å². The number of ether oxygens (including phenoxy) is 1. The quantitative estimate of drug-likeness (QED) is 0.619. The van der Waals surface area contributed by atoms with Gasteiger partial charge in [-0.25, -0.2) is 8.42 Å². The van der Waals surface area contributed by atoms with Crippen molar-refractivity contribution in [2.45, 2.75) is 62.4 Å². The molecule has 156 valence electrons. The number of benzene rings is 2. The minimum absolute atomic E-state index is 0.157. The van der Waals surface area contributed by atoms with Crippen molar-refractivity contribution < 1.29 is 13.2 Å². The molecule has 0 bridgehead atoms. The van der Waals surface area contributed by atoms with Crippen LogP contribution in [0.2, 0.25) is 0 Å². The molecule has 0 N–H and O–H groups in total. The van der Waals surface area contributed by atoms with Crippen molar-refractivity contribution >= 4 is 15.9 Å². The van der Waals surface area contributed by atoms with E-state index in [-0.39, 0.29) is 16.9 Å². The van der Waals surface area contributed by atoms with Crippen LogP contribution in [0.3, 0.4) is 0 Å². The van der Waals surface area contributed by atoms with Crippen LogP contribution < -0.4 is 0 Å². The van der Waals surface area contributed by atoms with E-state index in [2.05, 4.69) is 45.9 Å². The van der Waals surface area contributed by atoms with E-state index >= 15 is 0 Å². The highest BCUT2D eigenvalue weighted by molar-refractivity contribution is 7.90. The number of rotatable bonds is 5. The number of methoxy groups -OCH3 is 1. The molecule has 3 rings (SSSR count). The molecule has 0 heterocycles. The first-order valence-electron chi connectivity index (χ1n) is 10.1. The van der Waals surface area contributed by atoms with Crippen molar-refractivity contribution in [1.29, 1.82) is 0 Å². The number of fused-ring (bicyclic) bond motifs is 1. The van der Waals surface area contributed by atoms with Gasteiger partial charge in [0.2, 0.25) is 0 Å². The fourth-order valence-corrected chi connectivity index (χ4v) is 4.76. The van der Waals surface area contributed by atoms with Crippen LogP contribution in [0.5, 0.6) is 0 Å². The molecule has 1 unspecified atom stereocenters. The molecule has 4 heteroatoms. The molecule has 0 saturated heterocycles. The van der Waals surface area contributed by atoms with Gasteiger partial charge in [-0.2, -0.15) is 0 Å². The summed E-state index contributed by atoms with van der Waals surface area (Å²) in [7, 11) is -1.46. The lowest BCUT2D eigenvalue weighted by Crippen LogP contribution is -2.34. The Morgan fingerprint density at radius 2 is 1.52 bits per heavy atom. The normalized spacial score (nSPS) is 19.1. The van der Waals surface area contributed by atoms with Crippen LogP contribution in [-0.4, -0.2) is 21.8 Å². The Morgan fingerprint density at radius 1 is 0.931 bits per heavy atom. The molecular formula is C25H32O3S. The molecule has 0 saturated carbocycles. The van der Waals surface area contributed by atoms with E-state index in [1.807, 2.05) is 24.3 Å². The van der Waals surface area contributed by atoms with E-state index in [0.717, 1.165) is 11.1 Å². The minimum Gasteiger partial charge on any atom is -0.373 e. The minimum atomic E-state index is -3.18. The summed E-state index contributed by atoms with van der Waals surface area (Å²) in [5, 5.41) is 0. The van der Waals surface area contributed by atoms with Crippen molar-refractivity contribution in [1.82, 2.24) is 0 Å². The van der Waals surface area contributed by atoms with Gasteiger partial charge in [-0.3, -0.25) is 0 Å². The molecule has 0 aliphatic heterocycles.